The molecule has 21 heavy (non-hydrogen) atoms. The van der Waals surface area contributed by atoms with Crippen LogP contribution in [-0.2, 0) is 15.1 Å². The first-order chi connectivity index (χ1) is 9.87. The van der Waals surface area contributed by atoms with Crippen LogP contribution in [0, 0.1) is 0 Å². The van der Waals surface area contributed by atoms with E-state index in [4.69, 9.17) is 15.2 Å². The zero-order chi connectivity index (χ0) is 15.3. The van der Waals surface area contributed by atoms with E-state index in [1.807, 2.05) is 50.2 Å². The minimum Gasteiger partial charge on any atom is -0.487 e. The molecule has 4 nitrogen and oxygen atoms in total. The molecule has 1 aliphatic heterocycles. The molecule has 2 aromatic carbocycles. The third-order valence-electron chi connectivity index (χ3n) is 3.98. The molecular formula is C17H19NO3. The molecule has 2 N–H and O–H groups in total. The van der Waals surface area contributed by atoms with Gasteiger partial charge in [0.05, 0.1) is 7.11 Å². The van der Waals surface area contributed by atoms with Gasteiger partial charge in [-0.2, -0.15) is 0 Å². The van der Waals surface area contributed by atoms with Crippen molar-refractivity contribution in [3.05, 3.63) is 42.0 Å². The number of benzene rings is 2. The van der Waals surface area contributed by atoms with Gasteiger partial charge in [-0.25, -0.2) is 4.79 Å². The summed E-state index contributed by atoms with van der Waals surface area (Å²) in [7, 11) is 1.37. The zero-order valence-electron chi connectivity index (χ0n) is 12.5. The van der Waals surface area contributed by atoms with Crippen LogP contribution in [0.15, 0.2) is 36.4 Å². The average molecular weight is 285 g/mol. The maximum Gasteiger partial charge on any atom is 0.330 e. The quantitative estimate of drug-likeness (QED) is 0.818. The highest BCUT2D eigenvalue weighted by atomic mass is 16.5. The van der Waals surface area contributed by atoms with E-state index in [0.717, 1.165) is 10.8 Å². The Morgan fingerprint density at radius 3 is 2.67 bits per heavy atom. The van der Waals surface area contributed by atoms with Gasteiger partial charge < -0.3 is 15.2 Å². The minimum atomic E-state index is -1.20. The molecule has 0 radical (unpaired) electrons. The summed E-state index contributed by atoms with van der Waals surface area (Å²) < 4.78 is 11.0. The van der Waals surface area contributed by atoms with Crippen molar-refractivity contribution in [3.8, 4) is 5.75 Å². The van der Waals surface area contributed by atoms with Crippen LogP contribution >= 0.6 is 0 Å². The highest BCUT2D eigenvalue weighted by Crippen LogP contribution is 2.46. The standard InChI is InChI=1S/C17H19NO3/c1-16(2)10-17(18,15(19)20-3)14-12-7-5-4-6-11(12)8-9-13(14)21-16/h4-9H,10,18H2,1-3H3. The van der Waals surface area contributed by atoms with Gasteiger partial charge in [-0.1, -0.05) is 30.3 Å². The molecule has 4 heteroatoms. The molecule has 0 fully saturated rings. The number of hydrogen-bond acceptors (Lipinski definition) is 4. The number of rotatable bonds is 1. The van der Waals surface area contributed by atoms with Crippen molar-refractivity contribution in [3.63, 3.8) is 0 Å². The van der Waals surface area contributed by atoms with Gasteiger partial charge in [0, 0.05) is 12.0 Å². The summed E-state index contributed by atoms with van der Waals surface area (Å²) in [5, 5.41) is 1.96. The molecule has 0 saturated carbocycles. The Morgan fingerprint density at radius 2 is 1.95 bits per heavy atom. The number of fused-ring (bicyclic) bond motifs is 3. The number of nitrogens with two attached hydrogens (primary N) is 1. The van der Waals surface area contributed by atoms with E-state index in [-0.39, 0.29) is 0 Å². The molecular weight excluding hydrogens is 266 g/mol. The van der Waals surface area contributed by atoms with E-state index < -0.39 is 17.1 Å². The van der Waals surface area contributed by atoms with E-state index in [1.54, 1.807) is 0 Å². The van der Waals surface area contributed by atoms with E-state index >= 15 is 0 Å². The number of carbonyl (C=O) groups excluding carboxylic acids is 1. The molecule has 1 unspecified atom stereocenters. The molecule has 1 aliphatic rings. The SMILES string of the molecule is COC(=O)C1(N)CC(C)(C)Oc2ccc3ccccc3c21. The van der Waals surface area contributed by atoms with Crippen LogP contribution in [-0.4, -0.2) is 18.7 Å². The van der Waals surface area contributed by atoms with Crippen LogP contribution in [0.5, 0.6) is 5.75 Å². The van der Waals surface area contributed by atoms with E-state index in [1.165, 1.54) is 7.11 Å². The normalized spacial score (nSPS) is 23.2. The van der Waals surface area contributed by atoms with Gasteiger partial charge in [-0.3, -0.25) is 0 Å². The first-order valence-electron chi connectivity index (χ1n) is 6.96. The Morgan fingerprint density at radius 1 is 1.24 bits per heavy atom. The second kappa shape index (κ2) is 4.46. The van der Waals surface area contributed by atoms with E-state index in [2.05, 4.69) is 0 Å². The van der Waals surface area contributed by atoms with Crippen molar-refractivity contribution in [2.75, 3.05) is 7.11 Å². The zero-order valence-corrected chi connectivity index (χ0v) is 12.5. The Bertz CT molecular complexity index is 723. The fraction of sp³-hybridized carbons (Fsp3) is 0.353. The molecule has 2 aromatic rings. The van der Waals surface area contributed by atoms with Gasteiger partial charge in [-0.05, 0) is 30.7 Å². The van der Waals surface area contributed by atoms with E-state index in [0.29, 0.717) is 17.7 Å². The first-order valence-corrected chi connectivity index (χ1v) is 6.96. The van der Waals surface area contributed by atoms with Crippen molar-refractivity contribution < 1.29 is 14.3 Å². The highest BCUT2D eigenvalue weighted by Gasteiger charge is 2.49. The lowest BCUT2D eigenvalue weighted by Gasteiger charge is -2.42. The van der Waals surface area contributed by atoms with Gasteiger partial charge in [0.2, 0.25) is 0 Å². The van der Waals surface area contributed by atoms with Crippen molar-refractivity contribution >= 4 is 16.7 Å². The van der Waals surface area contributed by atoms with Gasteiger partial charge >= 0.3 is 5.97 Å². The van der Waals surface area contributed by atoms with Crippen LogP contribution in [0.4, 0.5) is 0 Å². The first kappa shape index (κ1) is 13.9. The Hall–Kier alpha value is -2.07. The summed E-state index contributed by atoms with van der Waals surface area (Å²) in [5.74, 6) is 0.217. The Balaban J connectivity index is 2.35. The monoisotopic (exact) mass is 285 g/mol. The second-order valence-corrected chi connectivity index (χ2v) is 6.16. The maximum absolute atomic E-state index is 12.4. The van der Waals surface area contributed by atoms with Crippen LogP contribution < -0.4 is 10.5 Å². The van der Waals surface area contributed by atoms with Gasteiger partial charge in [0.1, 0.15) is 16.9 Å². The number of esters is 1. The Kier molecular flexibility index (Phi) is 2.95. The van der Waals surface area contributed by atoms with Crippen molar-refractivity contribution in [2.45, 2.75) is 31.4 Å². The van der Waals surface area contributed by atoms with Crippen LogP contribution in [0.2, 0.25) is 0 Å². The van der Waals surface area contributed by atoms with Gasteiger partial charge in [-0.15, -0.1) is 0 Å². The molecule has 1 heterocycles. The number of ether oxygens (including phenoxy) is 2. The molecule has 0 spiro atoms. The number of hydrogen-bond donors (Lipinski definition) is 1. The summed E-state index contributed by atoms with van der Waals surface area (Å²) >= 11 is 0. The molecule has 0 amide bonds. The fourth-order valence-corrected chi connectivity index (χ4v) is 3.25. The molecule has 110 valence electrons. The fourth-order valence-electron chi connectivity index (χ4n) is 3.25. The summed E-state index contributed by atoms with van der Waals surface area (Å²) in [6.07, 6.45) is 0.369. The molecule has 1 atom stereocenters. The average Bonchev–Trinajstić information content (AvgIpc) is 2.44. The van der Waals surface area contributed by atoms with Crippen LogP contribution in [0.1, 0.15) is 25.8 Å². The van der Waals surface area contributed by atoms with Crippen molar-refractivity contribution in [1.29, 1.82) is 0 Å². The maximum atomic E-state index is 12.4. The predicted octanol–water partition coefficient (Wildman–Crippen LogP) is 2.73. The smallest absolute Gasteiger partial charge is 0.330 e. The molecule has 0 saturated heterocycles. The van der Waals surface area contributed by atoms with Gasteiger partial charge in [0.15, 0.2) is 0 Å². The van der Waals surface area contributed by atoms with Crippen LogP contribution in [0.3, 0.4) is 0 Å². The van der Waals surface area contributed by atoms with E-state index in [9.17, 15) is 4.79 Å². The third-order valence-corrected chi connectivity index (χ3v) is 3.98. The second-order valence-electron chi connectivity index (χ2n) is 6.16. The lowest BCUT2D eigenvalue weighted by Crippen LogP contribution is -2.55. The Labute approximate surface area is 123 Å². The van der Waals surface area contributed by atoms with Crippen molar-refractivity contribution in [1.82, 2.24) is 0 Å². The third kappa shape index (κ3) is 2.07. The summed E-state index contributed by atoms with van der Waals surface area (Å²) in [6.45, 7) is 3.85. The lowest BCUT2D eigenvalue weighted by molar-refractivity contribution is -0.150. The minimum absolute atomic E-state index is 0.369. The highest BCUT2D eigenvalue weighted by molar-refractivity contribution is 5.95. The lowest BCUT2D eigenvalue weighted by atomic mass is 9.76. The molecule has 3 rings (SSSR count). The summed E-state index contributed by atoms with van der Waals surface area (Å²) in [6, 6.07) is 11.7. The number of methoxy groups -OCH3 is 1. The number of carbonyl (C=O) groups is 1. The predicted molar refractivity (Wildman–Crippen MR) is 81.2 cm³/mol. The van der Waals surface area contributed by atoms with Crippen molar-refractivity contribution in [2.24, 2.45) is 5.73 Å². The van der Waals surface area contributed by atoms with Gasteiger partial charge in [0.25, 0.3) is 0 Å². The largest absolute Gasteiger partial charge is 0.487 e. The molecule has 0 bridgehead atoms. The summed E-state index contributed by atoms with van der Waals surface area (Å²) in [5.41, 5.74) is 5.50. The topological polar surface area (TPSA) is 61.5 Å². The molecule has 0 aromatic heterocycles. The molecule has 0 aliphatic carbocycles. The summed E-state index contributed by atoms with van der Waals surface area (Å²) in [4.78, 5) is 12.4. The van der Waals surface area contributed by atoms with Crippen LogP contribution in [0.25, 0.3) is 10.8 Å².